The monoisotopic (exact) mass is 269 g/mol. The first kappa shape index (κ1) is 15.5. The van der Waals surface area contributed by atoms with Gasteiger partial charge in [-0.2, -0.15) is 0 Å². The molecule has 0 spiro atoms. The maximum absolute atomic E-state index is 11.4. The molecule has 1 rings (SSSR count). The van der Waals surface area contributed by atoms with Crippen LogP contribution in [0.5, 0.6) is 0 Å². The van der Waals surface area contributed by atoms with E-state index in [-0.39, 0.29) is 5.69 Å². The Kier molecular flexibility index (Phi) is 6.35. The number of aromatic nitrogens is 2. The number of aryl methyl sites for hydroxylation is 1. The van der Waals surface area contributed by atoms with Crippen molar-refractivity contribution in [2.24, 2.45) is 0 Å². The minimum absolute atomic E-state index is 0.187. The number of imidazole rings is 1. The van der Waals surface area contributed by atoms with Crippen LogP contribution in [0.1, 0.15) is 42.5 Å². The Hall–Kier alpha value is -1.56. The minimum atomic E-state index is -0.501. The standard InChI is InChI=1S/C13H23N3O3/c1-4-5-8-19-9-6-7-16-10(2)15-11(12(16)14)13(17)18-3/h4-9,14H2,1-3H3. The summed E-state index contributed by atoms with van der Waals surface area (Å²) in [5.41, 5.74) is 6.09. The van der Waals surface area contributed by atoms with E-state index in [0.717, 1.165) is 25.9 Å². The summed E-state index contributed by atoms with van der Waals surface area (Å²) in [4.78, 5) is 15.6. The van der Waals surface area contributed by atoms with Gasteiger partial charge in [0, 0.05) is 19.8 Å². The first-order chi connectivity index (χ1) is 9.11. The van der Waals surface area contributed by atoms with Gasteiger partial charge in [-0.25, -0.2) is 9.78 Å². The van der Waals surface area contributed by atoms with Crippen molar-refractivity contribution >= 4 is 11.8 Å². The molecule has 19 heavy (non-hydrogen) atoms. The summed E-state index contributed by atoms with van der Waals surface area (Å²) >= 11 is 0. The number of hydrogen-bond donors (Lipinski definition) is 1. The Labute approximate surface area is 113 Å². The zero-order valence-electron chi connectivity index (χ0n) is 11.9. The second kappa shape index (κ2) is 7.78. The predicted octanol–water partition coefficient (Wildman–Crippen LogP) is 1.77. The first-order valence-corrected chi connectivity index (χ1v) is 6.60. The van der Waals surface area contributed by atoms with Gasteiger partial charge in [0.05, 0.1) is 7.11 Å². The largest absolute Gasteiger partial charge is 0.464 e. The molecule has 0 fully saturated rings. The smallest absolute Gasteiger partial charge is 0.360 e. The molecule has 1 heterocycles. The fraction of sp³-hybridized carbons (Fsp3) is 0.692. The number of nitrogens with zero attached hydrogens (tertiary/aromatic N) is 2. The molecular formula is C13H23N3O3. The van der Waals surface area contributed by atoms with Crippen LogP contribution < -0.4 is 5.73 Å². The summed E-state index contributed by atoms with van der Waals surface area (Å²) in [6, 6.07) is 0. The maximum atomic E-state index is 11.4. The number of carbonyl (C=O) groups excluding carboxylic acids is 1. The molecule has 0 saturated carbocycles. The molecule has 0 aliphatic heterocycles. The molecule has 6 heteroatoms. The molecule has 1 aromatic heterocycles. The van der Waals surface area contributed by atoms with Gasteiger partial charge < -0.3 is 19.8 Å². The lowest BCUT2D eigenvalue weighted by Gasteiger charge is -2.08. The third kappa shape index (κ3) is 4.24. The number of rotatable bonds is 8. The maximum Gasteiger partial charge on any atom is 0.360 e. The number of unbranched alkanes of at least 4 members (excludes halogenated alkanes) is 1. The zero-order chi connectivity index (χ0) is 14.3. The normalized spacial score (nSPS) is 10.7. The number of nitrogen functional groups attached to an aromatic ring is 1. The van der Waals surface area contributed by atoms with Crippen molar-refractivity contribution in [3.8, 4) is 0 Å². The second-order valence-electron chi connectivity index (χ2n) is 4.36. The van der Waals surface area contributed by atoms with E-state index < -0.39 is 5.97 Å². The molecule has 2 N–H and O–H groups in total. The zero-order valence-corrected chi connectivity index (χ0v) is 11.9. The van der Waals surface area contributed by atoms with Crippen LogP contribution in [0.15, 0.2) is 0 Å². The highest BCUT2D eigenvalue weighted by molar-refractivity contribution is 5.92. The number of ether oxygens (including phenoxy) is 2. The van der Waals surface area contributed by atoms with Crippen molar-refractivity contribution in [1.82, 2.24) is 9.55 Å². The summed E-state index contributed by atoms with van der Waals surface area (Å²) in [6.07, 6.45) is 3.06. The fourth-order valence-electron chi connectivity index (χ4n) is 1.78. The van der Waals surface area contributed by atoms with Crippen molar-refractivity contribution in [3.63, 3.8) is 0 Å². The van der Waals surface area contributed by atoms with E-state index in [1.165, 1.54) is 7.11 Å². The van der Waals surface area contributed by atoms with Gasteiger partial charge in [-0.15, -0.1) is 0 Å². The number of carbonyl (C=O) groups is 1. The average molecular weight is 269 g/mol. The Morgan fingerprint density at radius 2 is 2.05 bits per heavy atom. The summed E-state index contributed by atoms with van der Waals surface area (Å²) in [7, 11) is 1.32. The van der Waals surface area contributed by atoms with Gasteiger partial charge >= 0.3 is 5.97 Å². The molecule has 0 saturated heterocycles. The quantitative estimate of drug-likeness (QED) is 0.574. The number of esters is 1. The molecule has 6 nitrogen and oxygen atoms in total. The molecule has 0 atom stereocenters. The van der Waals surface area contributed by atoms with Gasteiger partial charge in [-0.1, -0.05) is 13.3 Å². The summed E-state index contributed by atoms with van der Waals surface area (Å²) in [5.74, 6) is 0.572. The van der Waals surface area contributed by atoms with E-state index in [1.807, 2.05) is 11.5 Å². The van der Waals surface area contributed by atoms with E-state index in [1.54, 1.807) is 0 Å². The molecule has 0 amide bonds. The SMILES string of the molecule is CCCCOCCCn1c(C)nc(C(=O)OC)c1N. The van der Waals surface area contributed by atoms with Crippen molar-refractivity contribution in [1.29, 1.82) is 0 Å². The highest BCUT2D eigenvalue weighted by Crippen LogP contribution is 2.15. The molecule has 0 bridgehead atoms. The molecule has 1 aromatic rings. The predicted molar refractivity (Wildman–Crippen MR) is 73.1 cm³/mol. The lowest BCUT2D eigenvalue weighted by molar-refractivity contribution is 0.0595. The minimum Gasteiger partial charge on any atom is -0.464 e. The highest BCUT2D eigenvalue weighted by atomic mass is 16.5. The van der Waals surface area contributed by atoms with Crippen LogP contribution in [-0.4, -0.2) is 35.8 Å². The van der Waals surface area contributed by atoms with Crippen LogP contribution in [0.25, 0.3) is 0 Å². The number of anilines is 1. The molecule has 0 radical (unpaired) electrons. The third-order valence-corrected chi connectivity index (χ3v) is 2.89. The number of nitrogens with two attached hydrogens (primary N) is 1. The third-order valence-electron chi connectivity index (χ3n) is 2.89. The van der Waals surface area contributed by atoms with E-state index in [2.05, 4.69) is 16.6 Å². The van der Waals surface area contributed by atoms with Crippen molar-refractivity contribution in [2.45, 2.75) is 39.7 Å². The molecule has 0 unspecified atom stereocenters. The van der Waals surface area contributed by atoms with Gasteiger partial charge in [-0.05, 0) is 19.8 Å². The van der Waals surface area contributed by atoms with Crippen LogP contribution in [-0.2, 0) is 16.0 Å². The number of hydrogen-bond acceptors (Lipinski definition) is 5. The first-order valence-electron chi connectivity index (χ1n) is 6.60. The summed E-state index contributed by atoms with van der Waals surface area (Å²) in [6.45, 7) is 6.12. The van der Waals surface area contributed by atoms with E-state index in [0.29, 0.717) is 24.8 Å². The van der Waals surface area contributed by atoms with Crippen molar-refractivity contribution in [2.75, 3.05) is 26.1 Å². The Balaban J connectivity index is 2.50. The Bertz CT molecular complexity index is 416. The van der Waals surface area contributed by atoms with Gasteiger partial charge in [0.25, 0.3) is 0 Å². The van der Waals surface area contributed by atoms with Gasteiger partial charge in [0.1, 0.15) is 11.6 Å². The van der Waals surface area contributed by atoms with Crippen molar-refractivity contribution in [3.05, 3.63) is 11.5 Å². The van der Waals surface area contributed by atoms with Crippen LogP contribution in [0.3, 0.4) is 0 Å². The Morgan fingerprint density at radius 1 is 1.37 bits per heavy atom. The lowest BCUT2D eigenvalue weighted by Crippen LogP contribution is -2.10. The molecule has 0 aliphatic carbocycles. The van der Waals surface area contributed by atoms with E-state index >= 15 is 0 Å². The Morgan fingerprint density at radius 3 is 2.68 bits per heavy atom. The second-order valence-corrected chi connectivity index (χ2v) is 4.36. The summed E-state index contributed by atoms with van der Waals surface area (Å²) in [5, 5.41) is 0. The lowest BCUT2D eigenvalue weighted by atomic mass is 10.3. The summed E-state index contributed by atoms with van der Waals surface area (Å²) < 4.78 is 11.9. The van der Waals surface area contributed by atoms with Crippen LogP contribution in [0.2, 0.25) is 0 Å². The number of methoxy groups -OCH3 is 1. The fourth-order valence-corrected chi connectivity index (χ4v) is 1.78. The molecule has 0 aromatic carbocycles. The van der Waals surface area contributed by atoms with Gasteiger partial charge in [-0.3, -0.25) is 0 Å². The highest BCUT2D eigenvalue weighted by Gasteiger charge is 2.18. The van der Waals surface area contributed by atoms with Crippen LogP contribution in [0, 0.1) is 6.92 Å². The molecule has 0 aliphatic rings. The van der Waals surface area contributed by atoms with Crippen molar-refractivity contribution < 1.29 is 14.3 Å². The molecular weight excluding hydrogens is 246 g/mol. The molecule has 108 valence electrons. The van der Waals surface area contributed by atoms with E-state index in [4.69, 9.17) is 10.5 Å². The topological polar surface area (TPSA) is 79.4 Å². The van der Waals surface area contributed by atoms with E-state index in [9.17, 15) is 4.79 Å². The average Bonchev–Trinajstić information content (AvgIpc) is 2.69. The van der Waals surface area contributed by atoms with Gasteiger partial charge in [0.2, 0.25) is 0 Å². The van der Waals surface area contributed by atoms with Crippen LogP contribution in [0.4, 0.5) is 5.82 Å². The van der Waals surface area contributed by atoms with Gasteiger partial charge in [0.15, 0.2) is 5.69 Å². The van der Waals surface area contributed by atoms with Crippen LogP contribution >= 0.6 is 0 Å².